The van der Waals surface area contributed by atoms with E-state index in [9.17, 15) is 9.18 Å². The summed E-state index contributed by atoms with van der Waals surface area (Å²) in [5, 5.41) is 0. The smallest absolute Gasteiger partial charge is 0.210 e. The minimum absolute atomic E-state index is 0.248. The highest BCUT2D eigenvalue weighted by Gasteiger charge is 1.96. The van der Waals surface area contributed by atoms with Gasteiger partial charge in [-0.05, 0) is 11.6 Å². The van der Waals surface area contributed by atoms with Crippen LogP contribution in [0.4, 0.5) is 4.39 Å². The van der Waals surface area contributed by atoms with Crippen LogP contribution in [0, 0.1) is 17.8 Å². The summed E-state index contributed by atoms with van der Waals surface area (Å²) >= 11 is 0. The molecule has 0 saturated heterocycles. The van der Waals surface area contributed by atoms with Gasteiger partial charge in [-0.15, -0.1) is 4.99 Å². The van der Waals surface area contributed by atoms with Crippen LogP contribution in [0.5, 0.6) is 0 Å². The van der Waals surface area contributed by atoms with Crippen LogP contribution in [-0.2, 0) is 11.2 Å². The first kappa shape index (κ1) is 9.18. The van der Waals surface area contributed by atoms with Gasteiger partial charge in [0.1, 0.15) is 5.82 Å². The molecule has 1 rings (SSSR count). The first-order chi connectivity index (χ1) is 6.34. The van der Waals surface area contributed by atoms with Crippen molar-refractivity contribution in [3.05, 3.63) is 35.6 Å². The summed E-state index contributed by atoms with van der Waals surface area (Å²) in [6.45, 7) is 0. The molecule has 0 bridgehead atoms. The summed E-state index contributed by atoms with van der Waals surface area (Å²) in [5.41, 5.74) is 0.496. The molecule has 0 atom stereocenters. The Morgan fingerprint density at radius 1 is 1.38 bits per heavy atom. The molecule has 3 heteroatoms. The average Bonchev–Trinajstić information content (AvgIpc) is 2.15. The van der Waals surface area contributed by atoms with Gasteiger partial charge in [0.25, 0.3) is 0 Å². The summed E-state index contributed by atoms with van der Waals surface area (Å²) in [4.78, 5) is 12.6. The normalized spacial score (nSPS) is 8.08. The maximum Gasteiger partial charge on any atom is 0.249 e. The molecule has 0 radical (unpaired) electrons. The molecule has 2 nitrogen and oxygen atoms in total. The number of rotatable bonds is 1. The van der Waals surface area contributed by atoms with E-state index < -0.39 is 0 Å². The second-order valence-electron chi connectivity index (χ2n) is 2.26. The van der Waals surface area contributed by atoms with Crippen LogP contribution in [0.1, 0.15) is 5.56 Å². The summed E-state index contributed by atoms with van der Waals surface area (Å²) in [5.74, 6) is 2.23. The summed E-state index contributed by atoms with van der Waals surface area (Å²) in [6.07, 6.45) is 1.52. The maximum absolute atomic E-state index is 12.9. The first-order valence-corrected chi connectivity index (χ1v) is 3.62. The third-order valence-electron chi connectivity index (χ3n) is 1.42. The molecule has 0 N–H and O–H groups in total. The van der Waals surface area contributed by atoms with Crippen molar-refractivity contribution in [3.63, 3.8) is 0 Å². The number of isocyanates is 1. The Morgan fingerprint density at radius 3 is 2.85 bits per heavy atom. The van der Waals surface area contributed by atoms with Crippen LogP contribution in [0.2, 0.25) is 0 Å². The van der Waals surface area contributed by atoms with E-state index in [2.05, 4.69) is 17.0 Å². The molecule has 1 aromatic carbocycles. The molecule has 64 valence electrons. The van der Waals surface area contributed by atoms with E-state index in [-0.39, 0.29) is 12.2 Å². The first-order valence-electron chi connectivity index (χ1n) is 3.62. The largest absolute Gasteiger partial charge is 0.249 e. The second kappa shape index (κ2) is 4.87. The third-order valence-corrected chi connectivity index (χ3v) is 1.42. The molecule has 0 fully saturated rings. The molecule has 0 amide bonds. The number of halogens is 1. The molecule has 0 aliphatic carbocycles. The van der Waals surface area contributed by atoms with E-state index in [1.54, 1.807) is 18.2 Å². The molecular weight excluding hydrogens is 169 g/mol. The summed E-state index contributed by atoms with van der Waals surface area (Å²) in [6, 6.07) is 8.52. The molecule has 0 aromatic heterocycles. The highest BCUT2D eigenvalue weighted by atomic mass is 19.1. The van der Waals surface area contributed by atoms with Crippen LogP contribution < -0.4 is 0 Å². The zero-order chi connectivity index (χ0) is 9.52. The van der Waals surface area contributed by atoms with Crippen LogP contribution in [0.25, 0.3) is 0 Å². The molecule has 0 aliphatic rings. The molecule has 0 heterocycles. The van der Waals surface area contributed by atoms with E-state index in [0.29, 0.717) is 5.56 Å². The molecule has 0 unspecified atom stereocenters. The van der Waals surface area contributed by atoms with Crippen molar-refractivity contribution in [2.75, 3.05) is 0 Å². The average molecular weight is 175 g/mol. The fraction of sp³-hybridized carbons (Fsp3) is 0.100. The predicted molar refractivity (Wildman–Crippen MR) is 46.0 cm³/mol. The van der Waals surface area contributed by atoms with Crippen molar-refractivity contribution in [1.29, 1.82) is 0 Å². The zero-order valence-electron chi connectivity index (χ0n) is 6.75. The van der Waals surface area contributed by atoms with Gasteiger partial charge in [0.15, 0.2) is 0 Å². The Hall–Kier alpha value is -1.91. The van der Waals surface area contributed by atoms with E-state index in [0.717, 1.165) is 0 Å². The van der Waals surface area contributed by atoms with E-state index in [4.69, 9.17) is 0 Å². The van der Waals surface area contributed by atoms with Gasteiger partial charge >= 0.3 is 0 Å². The molecule has 13 heavy (non-hydrogen) atoms. The number of benzene rings is 1. The van der Waals surface area contributed by atoms with Crippen LogP contribution in [-0.4, -0.2) is 6.08 Å². The van der Waals surface area contributed by atoms with E-state index in [1.165, 1.54) is 12.1 Å². The fourth-order valence-corrected chi connectivity index (χ4v) is 0.839. The minimum Gasteiger partial charge on any atom is -0.210 e. The number of nitrogens with zero attached hydrogens (tertiary/aromatic N) is 1. The molecule has 1 aromatic rings. The summed E-state index contributed by atoms with van der Waals surface area (Å²) < 4.78 is 12.9. The van der Waals surface area contributed by atoms with Crippen molar-refractivity contribution in [2.24, 2.45) is 4.99 Å². The Balaban J connectivity index is 2.71. The van der Waals surface area contributed by atoms with Gasteiger partial charge in [-0.1, -0.05) is 24.1 Å². The van der Waals surface area contributed by atoms with Gasteiger partial charge in [-0.3, -0.25) is 0 Å². The van der Waals surface area contributed by atoms with Crippen molar-refractivity contribution in [1.82, 2.24) is 0 Å². The quantitative estimate of drug-likeness (QED) is 0.362. The van der Waals surface area contributed by atoms with Gasteiger partial charge < -0.3 is 0 Å². The van der Waals surface area contributed by atoms with Gasteiger partial charge in [-0.25, -0.2) is 9.18 Å². The summed E-state index contributed by atoms with van der Waals surface area (Å²) in [7, 11) is 0. The van der Waals surface area contributed by atoms with Gasteiger partial charge in [-0.2, -0.15) is 0 Å². The number of hydrogen-bond acceptors (Lipinski definition) is 2. The van der Waals surface area contributed by atoms with Crippen LogP contribution in [0.15, 0.2) is 29.3 Å². The molecule has 0 aliphatic heterocycles. The van der Waals surface area contributed by atoms with Crippen molar-refractivity contribution >= 4 is 6.08 Å². The number of carbonyl (C=O) groups excluding carboxylic acids is 1. The molecule has 0 spiro atoms. The fourth-order valence-electron chi connectivity index (χ4n) is 0.839. The van der Waals surface area contributed by atoms with Gasteiger partial charge in [0.05, 0.1) is 0 Å². The minimum atomic E-state index is -0.299. The lowest BCUT2D eigenvalue weighted by molar-refractivity contribution is 0.565. The van der Waals surface area contributed by atoms with E-state index >= 15 is 0 Å². The maximum atomic E-state index is 12.9. The van der Waals surface area contributed by atoms with Gasteiger partial charge in [0, 0.05) is 12.5 Å². The topological polar surface area (TPSA) is 29.4 Å². The monoisotopic (exact) mass is 175 g/mol. The third kappa shape index (κ3) is 2.90. The van der Waals surface area contributed by atoms with Crippen molar-refractivity contribution in [3.8, 4) is 12.0 Å². The zero-order valence-corrected chi connectivity index (χ0v) is 6.75. The Morgan fingerprint density at radius 2 is 2.15 bits per heavy atom. The molecular formula is C10H6FNO. The lowest BCUT2D eigenvalue weighted by Gasteiger charge is -1.94. The molecule has 0 saturated carbocycles. The standard InChI is InChI=1S/C10H6FNO/c11-10-6-2-1-4-9(10)5-3-7-12-8-13/h1-2,4,6H,5H2. The van der Waals surface area contributed by atoms with E-state index in [1.807, 2.05) is 0 Å². The van der Waals surface area contributed by atoms with Crippen molar-refractivity contribution in [2.45, 2.75) is 6.42 Å². The Bertz CT molecular complexity index is 397. The Kier molecular flexibility index (Phi) is 3.44. The SMILES string of the molecule is O=C=NC#CCc1ccccc1F. The predicted octanol–water partition coefficient (Wildman–Crippen LogP) is 1.66. The number of aliphatic imine (C=N–C) groups is 1. The lowest BCUT2D eigenvalue weighted by Crippen LogP contribution is -1.86. The number of hydrogen-bond donors (Lipinski definition) is 0. The van der Waals surface area contributed by atoms with Crippen LogP contribution in [0.3, 0.4) is 0 Å². The van der Waals surface area contributed by atoms with Crippen molar-refractivity contribution < 1.29 is 9.18 Å². The van der Waals surface area contributed by atoms with Crippen LogP contribution >= 0.6 is 0 Å². The highest BCUT2D eigenvalue weighted by molar-refractivity contribution is 5.36. The lowest BCUT2D eigenvalue weighted by atomic mass is 10.1. The van der Waals surface area contributed by atoms with Gasteiger partial charge in [0.2, 0.25) is 6.08 Å². The Labute approximate surface area is 75.1 Å². The highest BCUT2D eigenvalue weighted by Crippen LogP contribution is 2.05. The second-order valence-corrected chi connectivity index (χ2v) is 2.26.